The highest BCUT2D eigenvalue weighted by molar-refractivity contribution is 5.95. The van der Waals surface area contributed by atoms with Crippen LogP contribution in [0.15, 0.2) is 18.2 Å². The summed E-state index contributed by atoms with van der Waals surface area (Å²) >= 11 is 0. The minimum absolute atomic E-state index is 0.211. The molecule has 2 N–H and O–H groups in total. The number of rotatable bonds is 2. The summed E-state index contributed by atoms with van der Waals surface area (Å²) in [4.78, 5) is 20.8. The number of hydrogen-bond acceptors (Lipinski definition) is 2. The van der Waals surface area contributed by atoms with E-state index < -0.39 is 23.3 Å². The van der Waals surface area contributed by atoms with Gasteiger partial charge >= 0.3 is 11.9 Å². The molecule has 0 saturated carbocycles. The average molecular weight is 181 g/mol. The molecule has 0 amide bonds. The molecule has 1 radical (unpaired) electrons. The van der Waals surface area contributed by atoms with E-state index in [0.29, 0.717) is 0 Å². The second kappa shape index (κ2) is 3.14. The Kier molecular flexibility index (Phi) is 2.19. The Labute approximate surface area is 72.9 Å². The van der Waals surface area contributed by atoms with Crippen molar-refractivity contribution < 1.29 is 24.9 Å². The minimum Gasteiger partial charge on any atom is -0.478 e. The van der Waals surface area contributed by atoms with Gasteiger partial charge in [-0.05, 0) is 18.2 Å². The van der Waals surface area contributed by atoms with Crippen molar-refractivity contribution in [2.75, 3.05) is 0 Å². The van der Waals surface area contributed by atoms with E-state index in [0.717, 1.165) is 18.2 Å². The molecule has 13 heavy (non-hydrogen) atoms. The summed E-state index contributed by atoms with van der Waals surface area (Å²) in [6.45, 7) is 0. The van der Waals surface area contributed by atoms with Crippen LogP contribution in [0.25, 0.3) is 0 Å². The first-order valence-corrected chi connectivity index (χ1v) is 3.30. The maximum Gasteiger partial charge on any atom is 0.339 e. The number of carbonyl (C=O) groups is 2. The molecule has 0 aromatic heterocycles. The Morgan fingerprint density at radius 1 is 1.08 bits per heavy atom. The van der Waals surface area contributed by atoms with E-state index >= 15 is 0 Å². The van der Waals surface area contributed by atoms with Crippen LogP contribution in [0.4, 0.5) is 0 Å². The molecule has 0 aliphatic carbocycles. The fourth-order valence-corrected chi connectivity index (χ4v) is 0.830. The van der Waals surface area contributed by atoms with Crippen LogP contribution in [-0.4, -0.2) is 22.2 Å². The topological polar surface area (TPSA) is 94.5 Å². The van der Waals surface area contributed by atoms with Crippen LogP contribution in [-0.2, 0) is 5.11 Å². The number of carboxylic acid groups (broad SMARTS) is 2. The Morgan fingerprint density at radius 3 is 2.15 bits per heavy atom. The molecule has 5 heteroatoms. The van der Waals surface area contributed by atoms with Crippen molar-refractivity contribution in [2.45, 2.75) is 0 Å². The van der Waals surface area contributed by atoms with Gasteiger partial charge in [0.2, 0.25) is 0 Å². The quantitative estimate of drug-likeness (QED) is 0.717. The van der Waals surface area contributed by atoms with Gasteiger partial charge in [0.05, 0.1) is 5.56 Å². The van der Waals surface area contributed by atoms with E-state index in [4.69, 9.17) is 10.2 Å². The van der Waals surface area contributed by atoms with Crippen molar-refractivity contribution >= 4 is 11.9 Å². The van der Waals surface area contributed by atoms with Gasteiger partial charge in [-0.15, -0.1) is 0 Å². The Balaban J connectivity index is 3.27. The van der Waals surface area contributed by atoms with Crippen LogP contribution in [0.5, 0.6) is 5.75 Å². The number of benzene rings is 1. The summed E-state index contributed by atoms with van der Waals surface area (Å²) in [7, 11) is 0. The molecule has 0 heterocycles. The lowest BCUT2D eigenvalue weighted by atomic mass is 10.1. The number of aromatic carboxylic acids is 2. The second-order valence-electron chi connectivity index (χ2n) is 2.32. The fraction of sp³-hybridized carbons (Fsp3) is 0. The highest BCUT2D eigenvalue weighted by Crippen LogP contribution is 2.18. The van der Waals surface area contributed by atoms with E-state index in [9.17, 15) is 14.7 Å². The van der Waals surface area contributed by atoms with Crippen LogP contribution < -0.4 is 0 Å². The zero-order valence-corrected chi connectivity index (χ0v) is 6.35. The van der Waals surface area contributed by atoms with Crippen molar-refractivity contribution in [1.29, 1.82) is 0 Å². The molecule has 0 spiro atoms. The molecule has 0 saturated heterocycles. The maximum absolute atomic E-state index is 10.9. The summed E-state index contributed by atoms with van der Waals surface area (Å²) in [5.74, 6) is -3.38. The van der Waals surface area contributed by atoms with Gasteiger partial charge in [0.1, 0.15) is 5.56 Å². The van der Waals surface area contributed by atoms with E-state index in [-0.39, 0.29) is 5.56 Å². The van der Waals surface area contributed by atoms with Crippen molar-refractivity contribution in [3.8, 4) is 5.75 Å². The van der Waals surface area contributed by atoms with Crippen molar-refractivity contribution in [3.05, 3.63) is 29.3 Å². The number of hydrogen-bond donors (Lipinski definition) is 2. The van der Waals surface area contributed by atoms with E-state index in [2.05, 4.69) is 0 Å². The van der Waals surface area contributed by atoms with Gasteiger partial charge in [0.15, 0.2) is 5.75 Å². The van der Waals surface area contributed by atoms with Crippen molar-refractivity contribution in [2.24, 2.45) is 0 Å². The zero-order chi connectivity index (χ0) is 10.0. The lowest BCUT2D eigenvalue weighted by Crippen LogP contribution is -2.01. The summed E-state index contributed by atoms with van der Waals surface area (Å²) in [6.07, 6.45) is 0. The van der Waals surface area contributed by atoms with Gasteiger partial charge in [-0.1, -0.05) is 0 Å². The van der Waals surface area contributed by atoms with E-state index in [1.54, 1.807) is 0 Å². The second-order valence-corrected chi connectivity index (χ2v) is 2.32. The molecular weight excluding hydrogens is 176 g/mol. The molecule has 1 aromatic carbocycles. The Bertz CT molecular complexity index is 369. The third-order valence-corrected chi connectivity index (χ3v) is 1.46. The molecular formula is C8H5O5. The lowest BCUT2D eigenvalue weighted by molar-refractivity contribution is 0.0691. The lowest BCUT2D eigenvalue weighted by Gasteiger charge is -1.97. The monoisotopic (exact) mass is 181 g/mol. The Hall–Kier alpha value is -2.04. The fourth-order valence-electron chi connectivity index (χ4n) is 0.830. The van der Waals surface area contributed by atoms with Gasteiger partial charge in [0.25, 0.3) is 0 Å². The maximum atomic E-state index is 10.9. The molecule has 0 atom stereocenters. The first-order valence-electron chi connectivity index (χ1n) is 3.30. The summed E-state index contributed by atoms with van der Waals surface area (Å²) in [5, 5.41) is 27.8. The average Bonchev–Trinajstić information content (AvgIpc) is 2.04. The Morgan fingerprint density at radius 2 is 1.69 bits per heavy atom. The molecule has 0 unspecified atom stereocenters. The molecule has 67 valence electrons. The highest BCUT2D eigenvalue weighted by atomic mass is 16.4. The predicted octanol–water partition coefficient (Wildman–Crippen LogP) is 1.23. The van der Waals surface area contributed by atoms with Gasteiger partial charge in [-0.25, -0.2) is 9.59 Å². The van der Waals surface area contributed by atoms with Gasteiger partial charge in [-0.2, -0.15) is 0 Å². The zero-order valence-electron chi connectivity index (χ0n) is 6.35. The summed E-state index contributed by atoms with van der Waals surface area (Å²) in [6, 6.07) is 2.83. The van der Waals surface area contributed by atoms with E-state index in [1.807, 2.05) is 0 Å². The molecule has 0 aliphatic heterocycles. The van der Waals surface area contributed by atoms with Crippen LogP contribution in [0.2, 0.25) is 0 Å². The highest BCUT2D eigenvalue weighted by Gasteiger charge is 2.14. The third kappa shape index (κ3) is 1.76. The smallest absolute Gasteiger partial charge is 0.339 e. The number of carboxylic acids is 2. The normalized spacial score (nSPS) is 9.54. The van der Waals surface area contributed by atoms with Crippen LogP contribution in [0.3, 0.4) is 0 Å². The molecule has 0 bridgehead atoms. The van der Waals surface area contributed by atoms with E-state index in [1.165, 1.54) is 0 Å². The standard InChI is InChI=1S/C8H5O5/c9-6-2-1-4(7(10)11)3-5(6)8(12)13/h1-3H,(H,10,11)(H,12,13). The molecule has 1 rings (SSSR count). The molecule has 5 nitrogen and oxygen atoms in total. The molecule has 0 fully saturated rings. The minimum atomic E-state index is -1.42. The first-order chi connectivity index (χ1) is 6.02. The summed E-state index contributed by atoms with van der Waals surface area (Å²) < 4.78 is 0. The SMILES string of the molecule is [O]c1ccc(C(=O)O)cc1C(=O)O. The van der Waals surface area contributed by atoms with Crippen LogP contribution in [0.1, 0.15) is 20.7 Å². The van der Waals surface area contributed by atoms with Gasteiger partial charge in [0, 0.05) is 0 Å². The summed E-state index contributed by atoms with van der Waals surface area (Å²) in [5.41, 5.74) is -0.739. The largest absolute Gasteiger partial charge is 0.478 e. The molecule has 1 aromatic rings. The third-order valence-electron chi connectivity index (χ3n) is 1.46. The van der Waals surface area contributed by atoms with Crippen molar-refractivity contribution in [3.63, 3.8) is 0 Å². The van der Waals surface area contributed by atoms with Gasteiger partial charge < -0.3 is 10.2 Å². The van der Waals surface area contributed by atoms with Crippen LogP contribution >= 0.6 is 0 Å². The van der Waals surface area contributed by atoms with Crippen LogP contribution in [0, 0.1) is 0 Å². The van der Waals surface area contributed by atoms with Gasteiger partial charge in [-0.3, -0.25) is 5.11 Å². The predicted molar refractivity (Wildman–Crippen MR) is 40.5 cm³/mol. The first kappa shape index (κ1) is 9.05. The van der Waals surface area contributed by atoms with Crippen molar-refractivity contribution in [1.82, 2.24) is 0 Å². The molecule has 0 aliphatic rings.